The third kappa shape index (κ3) is 40.7. The van der Waals surface area contributed by atoms with Gasteiger partial charge in [0.2, 0.25) is 0 Å². The number of allylic oxidation sites excluding steroid dienone is 8. The van der Waals surface area contributed by atoms with Crippen LogP contribution in [0, 0.1) is 0 Å². The van der Waals surface area contributed by atoms with E-state index in [1.165, 1.54) is 135 Å². The topological polar surface area (TPSA) is 55.8 Å². The van der Waals surface area contributed by atoms with Crippen LogP contribution in [0.25, 0.3) is 0 Å². The van der Waals surface area contributed by atoms with E-state index in [0.717, 1.165) is 51.4 Å². The molecule has 4 heteroatoms. The van der Waals surface area contributed by atoms with E-state index in [1.54, 1.807) is 0 Å². The van der Waals surface area contributed by atoms with E-state index in [4.69, 9.17) is 9.47 Å². The molecule has 0 aliphatic rings. The number of rotatable bonds is 39. The zero-order valence-corrected chi connectivity index (χ0v) is 32.7. The normalized spacial score (nSPS) is 12.8. The summed E-state index contributed by atoms with van der Waals surface area (Å²) in [7, 11) is 0. The van der Waals surface area contributed by atoms with Gasteiger partial charge in [-0.25, -0.2) is 0 Å². The molecule has 1 atom stereocenters. The first-order chi connectivity index (χ1) is 24.2. The van der Waals surface area contributed by atoms with Crippen LogP contribution in [0.4, 0.5) is 0 Å². The molecule has 0 radical (unpaired) electrons. The lowest BCUT2D eigenvalue weighted by Crippen LogP contribution is -2.27. The second-order valence-corrected chi connectivity index (χ2v) is 14.0. The lowest BCUT2D eigenvalue weighted by atomic mass is 10.1. The van der Waals surface area contributed by atoms with Crippen molar-refractivity contribution in [1.82, 2.24) is 0 Å². The number of unbranched alkanes of at least 4 members (excludes halogenated alkanes) is 23. The first-order valence-corrected chi connectivity index (χ1v) is 21.2. The molecule has 0 bridgehead atoms. The summed E-state index contributed by atoms with van der Waals surface area (Å²) in [6.07, 6.45) is 54.6. The van der Waals surface area contributed by atoms with Crippen LogP contribution in [0.5, 0.6) is 0 Å². The fourth-order valence-corrected chi connectivity index (χ4v) is 5.98. The van der Waals surface area contributed by atoms with Crippen LogP contribution in [0.2, 0.25) is 0 Å². The van der Waals surface area contributed by atoms with Crippen LogP contribution in [0.1, 0.15) is 206 Å². The number of aliphatic hydroxyl groups excluding tert-OH is 1. The van der Waals surface area contributed by atoms with Gasteiger partial charge in [-0.1, -0.05) is 178 Å². The summed E-state index contributed by atoms with van der Waals surface area (Å²) in [4.78, 5) is 12.2. The Hall–Kier alpha value is -1.65. The summed E-state index contributed by atoms with van der Waals surface area (Å²) in [5.41, 5.74) is 0. The molecule has 49 heavy (non-hydrogen) atoms. The van der Waals surface area contributed by atoms with E-state index in [1.807, 2.05) is 0 Å². The van der Waals surface area contributed by atoms with Crippen LogP contribution < -0.4 is 0 Å². The van der Waals surface area contributed by atoms with Crippen LogP contribution in [0.3, 0.4) is 0 Å². The molecule has 0 aromatic heterocycles. The van der Waals surface area contributed by atoms with Crippen LogP contribution in [-0.4, -0.2) is 37.0 Å². The van der Waals surface area contributed by atoms with Crippen molar-refractivity contribution in [2.24, 2.45) is 0 Å². The maximum atomic E-state index is 12.2. The van der Waals surface area contributed by atoms with Crippen molar-refractivity contribution in [1.29, 1.82) is 0 Å². The first kappa shape index (κ1) is 47.4. The molecule has 4 nitrogen and oxygen atoms in total. The SMILES string of the molecule is CC/C=C\C/C=C\C/C=C\CCCCCCCC(=O)OC(CO)COCCCCCCCCCCCC/C=C\CCCCCCCCCC. The minimum atomic E-state index is -0.544. The van der Waals surface area contributed by atoms with Crippen molar-refractivity contribution in [2.45, 2.75) is 213 Å². The molecule has 1 N–H and O–H groups in total. The van der Waals surface area contributed by atoms with Crippen molar-refractivity contribution in [3.63, 3.8) is 0 Å². The highest BCUT2D eigenvalue weighted by Crippen LogP contribution is 2.14. The summed E-state index contributed by atoms with van der Waals surface area (Å²) in [5, 5.41) is 9.59. The Morgan fingerprint density at radius 2 is 0.918 bits per heavy atom. The quantitative estimate of drug-likeness (QED) is 0.0397. The minimum Gasteiger partial charge on any atom is -0.457 e. The Balaban J connectivity index is 3.43. The fourth-order valence-electron chi connectivity index (χ4n) is 5.98. The third-order valence-corrected chi connectivity index (χ3v) is 9.14. The molecule has 286 valence electrons. The zero-order chi connectivity index (χ0) is 35.6. The molecular formula is C45H82O4. The van der Waals surface area contributed by atoms with Crippen LogP contribution in [-0.2, 0) is 14.3 Å². The van der Waals surface area contributed by atoms with Gasteiger partial charge in [-0.15, -0.1) is 0 Å². The number of hydrogen-bond acceptors (Lipinski definition) is 4. The molecule has 1 unspecified atom stereocenters. The average Bonchev–Trinajstić information content (AvgIpc) is 3.11. The van der Waals surface area contributed by atoms with Gasteiger partial charge in [0.25, 0.3) is 0 Å². The maximum absolute atomic E-state index is 12.2. The molecule has 0 saturated carbocycles. The third-order valence-electron chi connectivity index (χ3n) is 9.14. The van der Waals surface area contributed by atoms with Crippen molar-refractivity contribution in [3.05, 3.63) is 48.6 Å². The molecule has 0 amide bonds. The van der Waals surface area contributed by atoms with Gasteiger partial charge in [0.1, 0.15) is 6.10 Å². The fraction of sp³-hybridized carbons (Fsp3) is 0.800. The highest BCUT2D eigenvalue weighted by Gasteiger charge is 2.13. The Bertz CT molecular complexity index is 768. The predicted molar refractivity (Wildman–Crippen MR) is 214 cm³/mol. The van der Waals surface area contributed by atoms with Gasteiger partial charge in [0.05, 0.1) is 13.2 Å². The second kappa shape index (κ2) is 42.5. The molecule has 0 fully saturated rings. The van der Waals surface area contributed by atoms with Crippen LogP contribution in [0.15, 0.2) is 48.6 Å². The summed E-state index contributed by atoms with van der Waals surface area (Å²) < 4.78 is 11.1. The van der Waals surface area contributed by atoms with Crippen molar-refractivity contribution >= 4 is 5.97 Å². The first-order valence-electron chi connectivity index (χ1n) is 21.2. The number of carbonyl (C=O) groups excluding carboxylic acids is 1. The van der Waals surface area contributed by atoms with E-state index in [9.17, 15) is 9.90 Å². The molecule has 0 heterocycles. The predicted octanol–water partition coefficient (Wildman–Crippen LogP) is 13.9. The lowest BCUT2D eigenvalue weighted by Gasteiger charge is -2.15. The Morgan fingerprint density at radius 3 is 1.41 bits per heavy atom. The summed E-state index contributed by atoms with van der Waals surface area (Å²) >= 11 is 0. The summed E-state index contributed by atoms with van der Waals surface area (Å²) in [6, 6.07) is 0. The van der Waals surface area contributed by atoms with Crippen molar-refractivity contribution in [2.75, 3.05) is 19.8 Å². The second-order valence-electron chi connectivity index (χ2n) is 14.0. The number of esters is 1. The Labute approximate surface area is 305 Å². The molecule has 0 saturated heterocycles. The van der Waals surface area contributed by atoms with Gasteiger partial charge < -0.3 is 14.6 Å². The Morgan fingerprint density at radius 1 is 0.510 bits per heavy atom. The molecule has 0 aliphatic heterocycles. The van der Waals surface area contributed by atoms with Crippen molar-refractivity contribution < 1.29 is 19.4 Å². The van der Waals surface area contributed by atoms with E-state index < -0.39 is 6.10 Å². The summed E-state index contributed by atoms with van der Waals surface area (Å²) in [5.74, 6) is -0.218. The molecule has 0 aromatic carbocycles. The van der Waals surface area contributed by atoms with Crippen molar-refractivity contribution in [3.8, 4) is 0 Å². The molecule has 0 spiro atoms. The number of ether oxygens (including phenoxy) is 2. The Kier molecular flexibility index (Phi) is 41.1. The number of aliphatic hydroxyl groups is 1. The number of carbonyl (C=O) groups is 1. The van der Waals surface area contributed by atoms with Gasteiger partial charge in [0, 0.05) is 13.0 Å². The molecule has 0 aliphatic carbocycles. The zero-order valence-electron chi connectivity index (χ0n) is 32.7. The standard InChI is InChI=1S/C45H82O4/c1-3-5-7-9-11-13-15-17-19-20-21-22-23-24-25-27-29-31-33-35-37-39-41-48-43-44(42-46)49-45(47)40-38-36-34-32-30-28-26-18-16-14-12-10-8-6-4-2/h6,8,12,14,18,20-21,26,44,46H,3-5,7,9-11,13,15-17,19,22-25,27-43H2,1-2H3/b8-6-,14-12-,21-20-,26-18-. The van der Waals surface area contributed by atoms with Crippen LogP contribution >= 0.6 is 0 Å². The lowest BCUT2D eigenvalue weighted by molar-refractivity contribution is -0.154. The monoisotopic (exact) mass is 687 g/mol. The highest BCUT2D eigenvalue weighted by molar-refractivity contribution is 5.69. The van der Waals surface area contributed by atoms with Gasteiger partial charge in [-0.3, -0.25) is 4.79 Å². The van der Waals surface area contributed by atoms with E-state index >= 15 is 0 Å². The summed E-state index contributed by atoms with van der Waals surface area (Å²) in [6.45, 7) is 5.22. The van der Waals surface area contributed by atoms with Gasteiger partial charge >= 0.3 is 5.97 Å². The average molecular weight is 687 g/mol. The van der Waals surface area contributed by atoms with Gasteiger partial charge in [-0.2, -0.15) is 0 Å². The largest absolute Gasteiger partial charge is 0.457 e. The van der Waals surface area contributed by atoms with E-state index in [2.05, 4.69) is 62.5 Å². The van der Waals surface area contributed by atoms with E-state index in [0.29, 0.717) is 13.0 Å². The van der Waals surface area contributed by atoms with E-state index in [-0.39, 0.29) is 19.2 Å². The molecular weight excluding hydrogens is 604 g/mol. The smallest absolute Gasteiger partial charge is 0.306 e. The van der Waals surface area contributed by atoms with Gasteiger partial charge in [-0.05, 0) is 70.6 Å². The molecule has 0 rings (SSSR count). The van der Waals surface area contributed by atoms with Gasteiger partial charge in [0.15, 0.2) is 0 Å². The minimum absolute atomic E-state index is 0.180. The maximum Gasteiger partial charge on any atom is 0.306 e. The number of hydrogen-bond donors (Lipinski definition) is 1. The molecule has 0 aromatic rings. The highest BCUT2D eigenvalue weighted by atomic mass is 16.6.